The molecule has 0 saturated carbocycles. The van der Waals surface area contributed by atoms with Gasteiger partial charge in [0.2, 0.25) is 0 Å². The Kier molecular flexibility index (Phi) is 11.2. The minimum Gasteiger partial charge on any atom is -0.497 e. The number of aliphatic imine (C=N–C) groups is 1. The van der Waals surface area contributed by atoms with E-state index in [2.05, 4.69) is 32.5 Å². The molecule has 2 aliphatic rings. The van der Waals surface area contributed by atoms with E-state index in [1.807, 2.05) is 31.3 Å². The molecule has 8 heteroatoms. The summed E-state index contributed by atoms with van der Waals surface area (Å²) >= 11 is 0. The molecule has 0 atom stereocenters. The average molecular weight is 546 g/mol. The van der Waals surface area contributed by atoms with Gasteiger partial charge in [-0.2, -0.15) is 0 Å². The van der Waals surface area contributed by atoms with Crippen LogP contribution in [0.25, 0.3) is 0 Å². The van der Waals surface area contributed by atoms with Gasteiger partial charge in [-0.25, -0.2) is 0 Å². The number of halogens is 1. The fourth-order valence-electron chi connectivity index (χ4n) is 4.49. The fourth-order valence-corrected chi connectivity index (χ4v) is 4.49. The molecule has 2 saturated heterocycles. The number of benzene rings is 1. The van der Waals surface area contributed by atoms with E-state index in [1.54, 1.807) is 7.11 Å². The molecule has 0 aromatic heterocycles. The maximum Gasteiger partial charge on any atom is 0.191 e. The topological polar surface area (TPSA) is 61.4 Å². The number of hydrogen-bond donors (Lipinski definition) is 2. The zero-order chi connectivity index (χ0) is 21.2. The molecule has 2 fully saturated rings. The summed E-state index contributed by atoms with van der Waals surface area (Å²) in [5.41, 5.74) is 0.240. The number of methoxy groups -OCH3 is 1. The van der Waals surface area contributed by atoms with Crippen LogP contribution in [0.4, 0.5) is 0 Å². The Morgan fingerprint density at radius 1 is 1.00 bits per heavy atom. The first-order valence-electron chi connectivity index (χ1n) is 11.3. The van der Waals surface area contributed by atoms with E-state index in [4.69, 9.17) is 9.47 Å². The number of piperidine rings is 2. The van der Waals surface area contributed by atoms with Crippen molar-refractivity contribution in [3.63, 3.8) is 0 Å². The number of likely N-dealkylation sites (tertiary alicyclic amines) is 2. The second-order valence-electron chi connectivity index (χ2n) is 8.45. The number of ether oxygens (including phenoxy) is 2. The molecule has 7 nitrogen and oxygen atoms in total. The van der Waals surface area contributed by atoms with Crippen LogP contribution in [0.3, 0.4) is 0 Å². The third kappa shape index (κ3) is 7.68. The van der Waals surface area contributed by atoms with Crippen LogP contribution in [0, 0.1) is 0 Å². The lowest BCUT2D eigenvalue weighted by Crippen LogP contribution is -2.62. The molecule has 3 rings (SSSR count). The molecule has 31 heavy (non-hydrogen) atoms. The molecule has 2 aliphatic heterocycles. The van der Waals surface area contributed by atoms with Crippen LogP contribution < -0.4 is 20.1 Å². The van der Waals surface area contributed by atoms with Crippen molar-refractivity contribution < 1.29 is 9.47 Å². The Morgan fingerprint density at radius 2 is 1.65 bits per heavy atom. The minimum absolute atomic E-state index is 0. The summed E-state index contributed by atoms with van der Waals surface area (Å²) in [4.78, 5) is 9.62. The van der Waals surface area contributed by atoms with Gasteiger partial charge in [-0.15, -0.1) is 24.0 Å². The summed E-state index contributed by atoms with van der Waals surface area (Å²) < 4.78 is 11.0. The van der Waals surface area contributed by atoms with Gasteiger partial charge in [-0.05, 0) is 83.2 Å². The standard InChI is InChI=1S/C23H39N5O2.HI/c1-24-22(25-13-18-30-21-9-7-20(29-3)8-10-21)26-19-23(11-16-27(2)17-12-23)28-14-5-4-6-15-28;/h7-10H,4-6,11-19H2,1-3H3,(H2,24,25,26);1H. The molecule has 176 valence electrons. The first-order chi connectivity index (χ1) is 14.6. The van der Waals surface area contributed by atoms with Gasteiger partial charge in [-0.1, -0.05) is 6.42 Å². The first kappa shape index (κ1) is 26.0. The van der Waals surface area contributed by atoms with Crippen LogP contribution in [-0.4, -0.2) is 88.4 Å². The van der Waals surface area contributed by atoms with Crippen molar-refractivity contribution in [1.82, 2.24) is 20.4 Å². The normalized spacial score (nSPS) is 19.9. The predicted octanol–water partition coefficient (Wildman–Crippen LogP) is 2.81. The summed E-state index contributed by atoms with van der Waals surface area (Å²) in [5, 5.41) is 7.00. The fraction of sp³-hybridized carbons (Fsp3) is 0.696. The minimum atomic E-state index is 0. The lowest BCUT2D eigenvalue weighted by molar-refractivity contribution is 0.0173. The molecular weight excluding hydrogens is 505 g/mol. The third-order valence-corrected chi connectivity index (χ3v) is 6.48. The predicted molar refractivity (Wildman–Crippen MR) is 138 cm³/mol. The van der Waals surface area contributed by atoms with E-state index in [-0.39, 0.29) is 29.5 Å². The van der Waals surface area contributed by atoms with Crippen LogP contribution in [0.15, 0.2) is 29.3 Å². The number of guanidine groups is 1. The number of hydrogen-bond acceptors (Lipinski definition) is 5. The maximum atomic E-state index is 5.81. The quantitative estimate of drug-likeness (QED) is 0.227. The second-order valence-corrected chi connectivity index (χ2v) is 8.45. The van der Waals surface area contributed by atoms with Crippen molar-refractivity contribution >= 4 is 29.9 Å². The summed E-state index contributed by atoms with van der Waals surface area (Å²) in [6.45, 7) is 7.01. The zero-order valence-electron chi connectivity index (χ0n) is 19.4. The van der Waals surface area contributed by atoms with E-state index >= 15 is 0 Å². The van der Waals surface area contributed by atoms with E-state index < -0.39 is 0 Å². The molecule has 2 N–H and O–H groups in total. The molecule has 0 radical (unpaired) electrons. The summed E-state index contributed by atoms with van der Waals surface area (Å²) in [5.74, 6) is 2.53. The molecule has 0 bridgehead atoms. The van der Waals surface area contributed by atoms with Crippen LogP contribution in [0.2, 0.25) is 0 Å². The van der Waals surface area contributed by atoms with Gasteiger partial charge in [0.25, 0.3) is 0 Å². The number of nitrogens with zero attached hydrogens (tertiary/aromatic N) is 3. The summed E-state index contributed by atoms with van der Waals surface area (Å²) in [6, 6.07) is 7.67. The van der Waals surface area contributed by atoms with E-state index in [0.717, 1.165) is 24.0 Å². The largest absolute Gasteiger partial charge is 0.497 e. The van der Waals surface area contributed by atoms with Crippen LogP contribution in [0.1, 0.15) is 32.1 Å². The van der Waals surface area contributed by atoms with E-state index in [0.29, 0.717) is 13.2 Å². The Balaban J connectivity index is 0.00000341. The van der Waals surface area contributed by atoms with Crippen molar-refractivity contribution in [2.24, 2.45) is 4.99 Å². The number of nitrogens with one attached hydrogen (secondary N) is 2. The molecular formula is C23H40IN5O2. The van der Waals surface area contributed by atoms with E-state index in [9.17, 15) is 0 Å². The Bertz CT molecular complexity index is 656. The lowest BCUT2D eigenvalue weighted by atomic mass is 9.84. The van der Waals surface area contributed by atoms with Gasteiger partial charge in [0.05, 0.1) is 13.7 Å². The molecule has 0 spiro atoms. The SMILES string of the molecule is CN=C(NCCOc1ccc(OC)cc1)NCC1(N2CCCCC2)CCN(C)CC1.I. The lowest BCUT2D eigenvalue weighted by Gasteiger charge is -2.50. The highest BCUT2D eigenvalue weighted by atomic mass is 127. The highest BCUT2D eigenvalue weighted by Gasteiger charge is 2.39. The molecule has 1 aromatic carbocycles. The van der Waals surface area contributed by atoms with Crippen LogP contribution in [-0.2, 0) is 0 Å². The first-order valence-corrected chi connectivity index (χ1v) is 11.3. The maximum absolute atomic E-state index is 5.81. The molecule has 0 unspecified atom stereocenters. The Hall–Kier alpha value is -1.26. The monoisotopic (exact) mass is 545 g/mol. The van der Waals surface area contributed by atoms with Crippen molar-refractivity contribution in [3.8, 4) is 11.5 Å². The van der Waals surface area contributed by atoms with Crippen LogP contribution >= 0.6 is 24.0 Å². The summed E-state index contributed by atoms with van der Waals surface area (Å²) in [6.07, 6.45) is 6.46. The highest BCUT2D eigenvalue weighted by molar-refractivity contribution is 14.0. The molecule has 0 amide bonds. The Morgan fingerprint density at radius 3 is 2.26 bits per heavy atom. The smallest absolute Gasteiger partial charge is 0.191 e. The van der Waals surface area contributed by atoms with E-state index in [1.165, 1.54) is 58.3 Å². The van der Waals surface area contributed by atoms with Gasteiger partial charge < -0.3 is 25.0 Å². The van der Waals surface area contributed by atoms with Gasteiger partial charge in [0.1, 0.15) is 18.1 Å². The van der Waals surface area contributed by atoms with Gasteiger partial charge in [0, 0.05) is 19.1 Å². The third-order valence-electron chi connectivity index (χ3n) is 6.48. The van der Waals surface area contributed by atoms with Crippen molar-refractivity contribution in [1.29, 1.82) is 0 Å². The second kappa shape index (κ2) is 13.3. The van der Waals surface area contributed by atoms with Gasteiger partial charge in [0.15, 0.2) is 5.96 Å². The van der Waals surface area contributed by atoms with Crippen molar-refractivity contribution in [2.75, 3.05) is 67.1 Å². The Labute approximate surface area is 205 Å². The summed E-state index contributed by atoms with van der Waals surface area (Å²) in [7, 11) is 5.73. The van der Waals surface area contributed by atoms with Crippen molar-refractivity contribution in [3.05, 3.63) is 24.3 Å². The average Bonchev–Trinajstić information content (AvgIpc) is 2.81. The molecule has 0 aliphatic carbocycles. The van der Waals surface area contributed by atoms with Gasteiger partial charge >= 0.3 is 0 Å². The number of rotatable bonds is 8. The zero-order valence-corrected chi connectivity index (χ0v) is 21.7. The molecule has 2 heterocycles. The van der Waals surface area contributed by atoms with Gasteiger partial charge in [-0.3, -0.25) is 9.89 Å². The highest BCUT2D eigenvalue weighted by Crippen LogP contribution is 2.30. The van der Waals surface area contributed by atoms with Crippen LogP contribution in [0.5, 0.6) is 11.5 Å². The molecule has 1 aromatic rings. The van der Waals surface area contributed by atoms with Crippen molar-refractivity contribution in [2.45, 2.75) is 37.6 Å².